The molecule has 1 fully saturated rings. The van der Waals surface area contributed by atoms with Gasteiger partial charge < -0.3 is 8.98 Å². The molecule has 13 heteroatoms. The quantitative estimate of drug-likeness (QED) is 0.204. The summed E-state index contributed by atoms with van der Waals surface area (Å²) < 4.78 is 72.5. The Morgan fingerprint density at radius 1 is 1.21 bits per heavy atom. The van der Waals surface area contributed by atoms with Crippen molar-refractivity contribution in [3.63, 3.8) is 0 Å². The van der Waals surface area contributed by atoms with Crippen LogP contribution in [0.25, 0.3) is 22.3 Å². The molecular weight excluding hydrogens is 589 g/mol. The molecule has 0 saturated heterocycles. The van der Waals surface area contributed by atoms with E-state index in [0.29, 0.717) is 34.3 Å². The largest absolute Gasteiger partial charge is 0.516 e. The molecule has 2 aromatic carbocycles. The van der Waals surface area contributed by atoms with Gasteiger partial charge in [0.1, 0.15) is 18.0 Å². The minimum Gasteiger partial charge on any atom is -0.455 e. The predicted molar refractivity (Wildman–Crippen MR) is 140 cm³/mol. The molecule has 2 aromatic heterocycles. The van der Waals surface area contributed by atoms with E-state index in [1.165, 1.54) is 18.2 Å². The number of nitroso groups, excluding NO2 is 1. The summed E-state index contributed by atoms with van der Waals surface area (Å²) in [6.07, 6.45) is 2.78. The first-order valence-corrected chi connectivity index (χ1v) is 14.1. The van der Waals surface area contributed by atoms with Crippen molar-refractivity contribution in [3.05, 3.63) is 74.6 Å². The number of sulfonamides is 1. The second kappa shape index (κ2) is 9.84. The molecule has 0 spiro atoms. The second-order valence-electron chi connectivity index (χ2n) is 9.03. The van der Waals surface area contributed by atoms with Gasteiger partial charge in [0, 0.05) is 29.8 Å². The van der Waals surface area contributed by atoms with E-state index in [9.17, 15) is 26.5 Å². The third kappa shape index (κ3) is 4.84. The standard InChI is InChI=1S/C25H22BrF3N4O4S/c1-2-21-31-23(15-8-9-15)19(12-30-34)33(21)13-14-7-10-20-17(11-14)22(26)24(37-20)16-5-3-4-6-18(16)32-38(35,36)25(27,28)29/h3-7,10-11,15,32H,2,8-9,12-13H2,1H3. The lowest BCUT2D eigenvalue weighted by atomic mass is 10.1. The number of furan rings is 1. The smallest absolute Gasteiger partial charge is 0.455 e. The highest BCUT2D eigenvalue weighted by atomic mass is 79.9. The molecule has 0 bridgehead atoms. The van der Waals surface area contributed by atoms with Crippen LogP contribution in [-0.4, -0.2) is 23.5 Å². The number of aromatic nitrogens is 2. The lowest BCUT2D eigenvalue weighted by Gasteiger charge is -2.13. The van der Waals surface area contributed by atoms with Gasteiger partial charge in [-0.25, -0.2) is 4.98 Å². The van der Waals surface area contributed by atoms with E-state index in [-0.39, 0.29) is 23.6 Å². The third-order valence-electron chi connectivity index (χ3n) is 6.43. The van der Waals surface area contributed by atoms with Gasteiger partial charge in [0.2, 0.25) is 0 Å². The lowest BCUT2D eigenvalue weighted by molar-refractivity contribution is -0.0429. The molecule has 8 nitrogen and oxygen atoms in total. The van der Waals surface area contributed by atoms with Gasteiger partial charge in [0.15, 0.2) is 5.76 Å². The number of benzene rings is 2. The highest BCUT2D eigenvalue weighted by Crippen LogP contribution is 2.43. The number of hydrogen-bond acceptors (Lipinski definition) is 6. The van der Waals surface area contributed by atoms with Gasteiger partial charge in [0.25, 0.3) is 0 Å². The first kappa shape index (κ1) is 26.4. The maximum Gasteiger partial charge on any atom is 0.516 e. The average molecular weight is 611 g/mol. The molecule has 1 saturated carbocycles. The lowest BCUT2D eigenvalue weighted by Crippen LogP contribution is -2.30. The number of hydrogen-bond donors (Lipinski definition) is 1. The average Bonchev–Trinajstić information content (AvgIpc) is 3.59. The fourth-order valence-corrected chi connectivity index (χ4v) is 5.65. The van der Waals surface area contributed by atoms with Crippen molar-refractivity contribution in [2.75, 3.05) is 4.72 Å². The number of fused-ring (bicyclic) bond motifs is 1. The number of anilines is 1. The zero-order valence-electron chi connectivity index (χ0n) is 20.0. The summed E-state index contributed by atoms with van der Waals surface area (Å²) in [5.74, 6) is 1.40. The maximum absolute atomic E-state index is 13.0. The highest BCUT2D eigenvalue weighted by Gasteiger charge is 2.46. The van der Waals surface area contributed by atoms with Crippen molar-refractivity contribution < 1.29 is 26.0 Å². The third-order valence-corrected chi connectivity index (χ3v) is 8.32. The minimum absolute atomic E-state index is 0.0330. The number of halogens is 4. The summed E-state index contributed by atoms with van der Waals surface area (Å²) >= 11 is 3.49. The summed E-state index contributed by atoms with van der Waals surface area (Å²) in [6, 6.07) is 11.2. The minimum atomic E-state index is -5.63. The summed E-state index contributed by atoms with van der Waals surface area (Å²) in [7, 11) is -5.63. The van der Waals surface area contributed by atoms with Crippen LogP contribution < -0.4 is 4.72 Å². The zero-order valence-corrected chi connectivity index (χ0v) is 22.5. The Morgan fingerprint density at radius 2 is 1.95 bits per heavy atom. The van der Waals surface area contributed by atoms with Crippen LogP contribution >= 0.6 is 15.9 Å². The van der Waals surface area contributed by atoms with Gasteiger partial charge in [-0.1, -0.05) is 30.3 Å². The van der Waals surface area contributed by atoms with Gasteiger partial charge in [0.05, 0.1) is 21.5 Å². The van der Waals surface area contributed by atoms with Gasteiger partial charge in [-0.2, -0.15) is 26.5 Å². The number of rotatable bonds is 9. The van der Waals surface area contributed by atoms with Crippen molar-refractivity contribution in [1.29, 1.82) is 0 Å². The van der Waals surface area contributed by atoms with Gasteiger partial charge in [-0.15, -0.1) is 0 Å². The molecule has 0 amide bonds. The monoisotopic (exact) mass is 610 g/mol. The van der Waals surface area contributed by atoms with Crippen molar-refractivity contribution in [2.45, 2.75) is 50.7 Å². The first-order valence-electron chi connectivity index (χ1n) is 11.8. The van der Waals surface area contributed by atoms with Gasteiger partial charge in [-0.3, -0.25) is 4.72 Å². The SMILES string of the molecule is CCc1nc(C2CC2)c(CN=O)n1Cc1ccc2oc(-c3ccccc3NS(=O)(=O)C(F)(F)F)c(Br)c2c1. The maximum atomic E-state index is 13.0. The van der Waals surface area contributed by atoms with Crippen LogP contribution in [0.1, 0.15) is 48.5 Å². The van der Waals surface area contributed by atoms with Crippen molar-refractivity contribution in [2.24, 2.45) is 5.18 Å². The topological polar surface area (TPSA) is 107 Å². The van der Waals surface area contributed by atoms with Crippen molar-refractivity contribution in [1.82, 2.24) is 9.55 Å². The van der Waals surface area contributed by atoms with Crippen LogP contribution in [0.3, 0.4) is 0 Å². The van der Waals surface area contributed by atoms with E-state index in [4.69, 9.17) is 9.40 Å². The zero-order chi connectivity index (χ0) is 27.2. The Kier molecular flexibility index (Phi) is 6.84. The molecular formula is C25H22BrF3N4O4S. The van der Waals surface area contributed by atoms with E-state index in [1.807, 2.05) is 23.6 Å². The summed E-state index contributed by atoms with van der Waals surface area (Å²) in [4.78, 5) is 16.0. The molecule has 0 radical (unpaired) electrons. The number of para-hydroxylation sites is 1. The van der Waals surface area contributed by atoms with Crippen molar-refractivity contribution in [3.8, 4) is 11.3 Å². The summed E-state index contributed by atoms with van der Waals surface area (Å²) in [5, 5.41) is 3.78. The van der Waals surface area contributed by atoms with Gasteiger partial charge >= 0.3 is 15.5 Å². The van der Waals surface area contributed by atoms with Crippen LogP contribution in [0.15, 0.2) is 56.5 Å². The first-order chi connectivity index (χ1) is 18.0. The molecule has 5 rings (SSSR count). The van der Waals surface area contributed by atoms with Crippen molar-refractivity contribution >= 4 is 42.6 Å². The van der Waals surface area contributed by atoms with Crippen LogP contribution in [0, 0.1) is 4.91 Å². The fraction of sp³-hybridized carbons (Fsp3) is 0.320. The summed E-state index contributed by atoms with van der Waals surface area (Å²) in [6.45, 7) is 2.48. The number of imidazole rings is 1. The summed E-state index contributed by atoms with van der Waals surface area (Å²) in [5.41, 5.74) is -2.50. The Labute approximate surface area is 224 Å². The predicted octanol–water partition coefficient (Wildman–Crippen LogP) is 7.07. The van der Waals surface area contributed by atoms with E-state index >= 15 is 0 Å². The molecule has 1 N–H and O–H groups in total. The molecule has 38 heavy (non-hydrogen) atoms. The van der Waals surface area contributed by atoms with Crippen LogP contribution in [-0.2, 0) is 29.5 Å². The molecule has 0 aliphatic heterocycles. The van der Waals surface area contributed by atoms with Gasteiger partial charge in [-0.05, 0) is 58.6 Å². The Bertz CT molecular complexity index is 1640. The number of nitrogens with one attached hydrogen (secondary N) is 1. The fourth-order valence-electron chi connectivity index (χ4n) is 4.47. The molecule has 1 aliphatic carbocycles. The van der Waals surface area contributed by atoms with E-state index in [1.54, 1.807) is 16.9 Å². The Hall–Kier alpha value is -3.19. The number of nitrogens with zero attached hydrogens (tertiary/aromatic N) is 3. The molecule has 1 aliphatic rings. The van der Waals surface area contributed by atoms with E-state index in [2.05, 4.69) is 21.1 Å². The van der Waals surface area contributed by atoms with Crippen LogP contribution in [0.5, 0.6) is 0 Å². The Balaban J connectivity index is 1.53. The normalized spacial score (nSPS) is 14.2. The van der Waals surface area contributed by atoms with Crippen LogP contribution in [0.2, 0.25) is 0 Å². The van der Waals surface area contributed by atoms with E-state index in [0.717, 1.165) is 35.6 Å². The molecule has 200 valence electrons. The molecule has 0 atom stereocenters. The molecule has 2 heterocycles. The molecule has 4 aromatic rings. The highest BCUT2D eigenvalue weighted by molar-refractivity contribution is 9.10. The second-order valence-corrected chi connectivity index (χ2v) is 11.5. The Morgan fingerprint density at radius 3 is 2.61 bits per heavy atom. The molecule has 0 unspecified atom stereocenters. The van der Waals surface area contributed by atoms with E-state index < -0.39 is 15.5 Å². The number of alkyl halides is 3. The van der Waals surface area contributed by atoms with Crippen LogP contribution in [0.4, 0.5) is 18.9 Å². The number of aryl methyl sites for hydroxylation is 1.